The Morgan fingerprint density at radius 2 is 1.00 bits per heavy atom. The molecule has 0 aromatic heterocycles. The SMILES string of the molecule is CCCCCCCCCCCCC1(CCCCCCCCCCCC)c2cc(O[B]O)ccc2-c2ccc(B(O)O)cc21. The highest BCUT2D eigenvalue weighted by Crippen LogP contribution is 2.54. The van der Waals surface area contributed by atoms with Crippen LogP contribution in [0.25, 0.3) is 11.1 Å². The van der Waals surface area contributed by atoms with E-state index in [1.165, 1.54) is 138 Å². The Labute approximate surface area is 264 Å². The summed E-state index contributed by atoms with van der Waals surface area (Å²) in [6.07, 6.45) is 28.3. The number of hydrogen-bond donors (Lipinski definition) is 3. The molecule has 43 heavy (non-hydrogen) atoms. The lowest BCUT2D eigenvalue weighted by Gasteiger charge is -2.33. The van der Waals surface area contributed by atoms with Crippen molar-refractivity contribution in [1.82, 2.24) is 0 Å². The van der Waals surface area contributed by atoms with Gasteiger partial charge in [-0.05, 0) is 52.7 Å². The molecule has 0 heterocycles. The molecule has 1 aliphatic rings. The number of hydrogen-bond acceptors (Lipinski definition) is 4. The van der Waals surface area contributed by atoms with Crippen LogP contribution in [0.15, 0.2) is 36.4 Å². The minimum Gasteiger partial charge on any atom is -0.537 e. The van der Waals surface area contributed by atoms with Gasteiger partial charge in [-0.25, -0.2) is 0 Å². The van der Waals surface area contributed by atoms with E-state index in [1.807, 2.05) is 18.2 Å². The topological polar surface area (TPSA) is 69.9 Å². The third-order valence-corrected chi connectivity index (χ3v) is 9.76. The van der Waals surface area contributed by atoms with Gasteiger partial charge in [0.25, 0.3) is 0 Å². The highest BCUT2D eigenvalue weighted by molar-refractivity contribution is 6.58. The zero-order valence-corrected chi connectivity index (χ0v) is 27.4. The van der Waals surface area contributed by atoms with Gasteiger partial charge in [0.05, 0.1) is 0 Å². The molecule has 0 bridgehead atoms. The molecular formula is C37H59B2O4. The van der Waals surface area contributed by atoms with Crippen molar-refractivity contribution in [2.45, 2.75) is 161 Å². The maximum atomic E-state index is 10.1. The summed E-state index contributed by atoms with van der Waals surface area (Å²) in [6, 6.07) is 12.1. The first kappa shape index (κ1) is 35.7. The van der Waals surface area contributed by atoms with Crippen molar-refractivity contribution in [1.29, 1.82) is 0 Å². The summed E-state index contributed by atoms with van der Waals surface area (Å²) in [4.78, 5) is 0. The minimum atomic E-state index is -1.48. The summed E-state index contributed by atoms with van der Waals surface area (Å²) in [5, 5.41) is 29.6. The van der Waals surface area contributed by atoms with Crippen LogP contribution in [0.5, 0.6) is 5.75 Å². The maximum Gasteiger partial charge on any atom is 0.569 e. The van der Waals surface area contributed by atoms with E-state index >= 15 is 0 Å². The van der Waals surface area contributed by atoms with E-state index in [4.69, 9.17) is 4.65 Å². The molecule has 0 saturated carbocycles. The van der Waals surface area contributed by atoms with E-state index < -0.39 is 7.12 Å². The summed E-state index contributed by atoms with van der Waals surface area (Å²) < 4.78 is 5.45. The van der Waals surface area contributed by atoms with Gasteiger partial charge in [-0.2, -0.15) is 0 Å². The molecule has 0 atom stereocenters. The van der Waals surface area contributed by atoms with Gasteiger partial charge < -0.3 is 19.7 Å². The highest BCUT2D eigenvalue weighted by atomic mass is 16.5. The second kappa shape index (κ2) is 20.3. The van der Waals surface area contributed by atoms with Crippen molar-refractivity contribution in [2.75, 3.05) is 0 Å². The lowest BCUT2D eigenvalue weighted by Crippen LogP contribution is -2.32. The predicted octanol–water partition coefficient (Wildman–Crippen LogP) is 9.16. The fraction of sp³-hybridized carbons (Fsp3) is 0.676. The van der Waals surface area contributed by atoms with Crippen LogP contribution in [-0.2, 0) is 5.41 Å². The Bertz CT molecular complexity index is 1020. The third kappa shape index (κ3) is 11.0. The lowest BCUT2D eigenvalue weighted by atomic mass is 9.68. The molecule has 237 valence electrons. The van der Waals surface area contributed by atoms with Gasteiger partial charge >= 0.3 is 14.8 Å². The number of benzene rings is 2. The normalized spacial score (nSPS) is 13.1. The smallest absolute Gasteiger partial charge is 0.537 e. The molecule has 2 aromatic carbocycles. The van der Waals surface area contributed by atoms with Crippen LogP contribution in [0.4, 0.5) is 0 Å². The molecule has 0 spiro atoms. The average Bonchev–Trinajstić information content (AvgIpc) is 3.27. The Morgan fingerprint density at radius 1 is 0.581 bits per heavy atom. The largest absolute Gasteiger partial charge is 0.569 e. The molecule has 0 fully saturated rings. The van der Waals surface area contributed by atoms with Crippen molar-refractivity contribution in [3.8, 4) is 16.9 Å². The van der Waals surface area contributed by atoms with Crippen molar-refractivity contribution in [3.05, 3.63) is 47.5 Å². The first-order chi connectivity index (χ1) is 21.1. The van der Waals surface area contributed by atoms with Gasteiger partial charge in [0, 0.05) is 5.41 Å². The van der Waals surface area contributed by atoms with Crippen molar-refractivity contribution < 1.29 is 19.7 Å². The molecule has 0 unspecified atom stereocenters. The molecule has 0 saturated heterocycles. The van der Waals surface area contributed by atoms with E-state index in [0.717, 1.165) is 33.4 Å². The van der Waals surface area contributed by atoms with Gasteiger partial charge in [0.2, 0.25) is 0 Å². The van der Waals surface area contributed by atoms with Crippen LogP contribution in [0.1, 0.15) is 166 Å². The van der Waals surface area contributed by atoms with E-state index in [9.17, 15) is 15.1 Å². The summed E-state index contributed by atoms with van der Waals surface area (Å²) in [7, 11) is -0.722. The molecule has 1 aliphatic carbocycles. The fourth-order valence-electron chi connectivity index (χ4n) is 7.28. The highest BCUT2D eigenvalue weighted by Gasteiger charge is 2.43. The van der Waals surface area contributed by atoms with Crippen LogP contribution in [0.2, 0.25) is 0 Å². The summed E-state index contributed by atoms with van der Waals surface area (Å²) in [5.41, 5.74) is 5.26. The standard InChI is InChI=1S/C37H59B2O4/c1-3-5-7-9-11-13-15-17-19-21-27-37(28-22-20-18-16-14-12-10-8-6-4-2)35-29-31(39(41)42)23-25-33(35)34-26-24-32(43-38-40)30-36(34)37/h23-26,29-30,40-42H,3-22,27-28H2,1-2H3. The first-order valence-corrected chi connectivity index (χ1v) is 17.9. The molecule has 0 amide bonds. The van der Waals surface area contributed by atoms with E-state index in [-0.39, 0.29) is 5.41 Å². The molecule has 3 N–H and O–H groups in total. The third-order valence-electron chi connectivity index (χ3n) is 9.76. The molecule has 4 nitrogen and oxygen atoms in total. The van der Waals surface area contributed by atoms with Crippen molar-refractivity contribution in [2.24, 2.45) is 0 Å². The fourth-order valence-corrected chi connectivity index (χ4v) is 7.28. The van der Waals surface area contributed by atoms with Gasteiger partial charge in [0.1, 0.15) is 5.75 Å². The van der Waals surface area contributed by atoms with Crippen LogP contribution >= 0.6 is 0 Å². The first-order valence-electron chi connectivity index (χ1n) is 17.9. The quantitative estimate of drug-likeness (QED) is 0.0798. The van der Waals surface area contributed by atoms with Gasteiger partial charge in [-0.3, -0.25) is 0 Å². The Kier molecular flexibility index (Phi) is 16.9. The summed E-state index contributed by atoms with van der Waals surface area (Å²) >= 11 is 0. The van der Waals surface area contributed by atoms with E-state index in [2.05, 4.69) is 32.0 Å². The Hall–Kier alpha value is -1.75. The van der Waals surface area contributed by atoms with Crippen LogP contribution in [0.3, 0.4) is 0 Å². The second-order valence-corrected chi connectivity index (χ2v) is 13.1. The predicted molar refractivity (Wildman–Crippen MR) is 184 cm³/mol. The molecule has 2 aromatic rings. The molecule has 3 rings (SSSR count). The summed E-state index contributed by atoms with van der Waals surface area (Å²) in [6.45, 7) is 4.55. The van der Waals surface area contributed by atoms with Crippen molar-refractivity contribution >= 4 is 20.3 Å². The van der Waals surface area contributed by atoms with Crippen LogP contribution in [-0.4, -0.2) is 29.9 Å². The number of fused-ring (bicyclic) bond motifs is 3. The molecule has 0 aliphatic heterocycles. The Morgan fingerprint density at radius 3 is 1.44 bits per heavy atom. The van der Waals surface area contributed by atoms with E-state index in [1.54, 1.807) is 0 Å². The molecular weight excluding hydrogens is 530 g/mol. The van der Waals surface area contributed by atoms with Gasteiger partial charge in [-0.15, -0.1) is 0 Å². The minimum absolute atomic E-state index is 0.190. The summed E-state index contributed by atoms with van der Waals surface area (Å²) in [5.74, 6) is 0.645. The van der Waals surface area contributed by atoms with Gasteiger partial charge in [0.15, 0.2) is 0 Å². The zero-order valence-electron chi connectivity index (χ0n) is 27.4. The zero-order chi connectivity index (χ0) is 30.8. The lowest BCUT2D eigenvalue weighted by molar-refractivity contribution is 0.394. The molecule has 1 radical (unpaired) electrons. The average molecular weight is 589 g/mol. The van der Waals surface area contributed by atoms with Crippen LogP contribution in [0, 0.1) is 0 Å². The van der Waals surface area contributed by atoms with E-state index in [0.29, 0.717) is 11.2 Å². The van der Waals surface area contributed by atoms with Crippen LogP contribution < -0.4 is 10.1 Å². The number of unbranched alkanes of at least 4 members (excludes halogenated alkanes) is 18. The maximum absolute atomic E-state index is 10.1. The second-order valence-electron chi connectivity index (χ2n) is 13.1. The van der Waals surface area contributed by atoms with Crippen molar-refractivity contribution in [3.63, 3.8) is 0 Å². The monoisotopic (exact) mass is 589 g/mol. The molecule has 6 heteroatoms. The van der Waals surface area contributed by atoms with Gasteiger partial charge in [-0.1, -0.05) is 167 Å². The Balaban J connectivity index is 1.71. The number of rotatable bonds is 25.